The van der Waals surface area contributed by atoms with Crippen LogP contribution < -0.4 is 14.8 Å². The van der Waals surface area contributed by atoms with Crippen molar-refractivity contribution in [3.05, 3.63) is 36.2 Å². The molecule has 0 radical (unpaired) electrons. The van der Waals surface area contributed by atoms with Crippen LogP contribution in [0, 0.1) is 0 Å². The van der Waals surface area contributed by atoms with Crippen LogP contribution in [0.5, 0.6) is 11.5 Å². The van der Waals surface area contributed by atoms with Crippen molar-refractivity contribution < 1.29 is 14.3 Å². The number of carbonyl (C=O) groups is 1. The van der Waals surface area contributed by atoms with E-state index in [1.165, 1.54) is 6.20 Å². The molecule has 0 spiro atoms. The fraction of sp³-hybridized carbons (Fsp3) is 0.231. The maximum atomic E-state index is 11.9. The van der Waals surface area contributed by atoms with Crippen molar-refractivity contribution in [1.82, 2.24) is 9.78 Å². The number of anilines is 1. The van der Waals surface area contributed by atoms with Crippen LogP contribution in [0.1, 0.15) is 10.4 Å². The molecule has 6 nitrogen and oxygen atoms in total. The molecule has 2 aromatic rings. The highest BCUT2D eigenvalue weighted by Crippen LogP contribution is 2.29. The number of nitrogens with zero attached hydrogens (tertiary/aromatic N) is 2. The van der Waals surface area contributed by atoms with E-state index in [-0.39, 0.29) is 5.91 Å². The molecule has 1 N–H and O–H groups in total. The number of ether oxygens (including phenoxy) is 2. The van der Waals surface area contributed by atoms with Crippen molar-refractivity contribution in [2.24, 2.45) is 7.05 Å². The van der Waals surface area contributed by atoms with Gasteiger partial charge in [-0.15, -0.1) is 0 Å². The van der Waals surface area contributed by atoms with Crippen LogP contribution in [0.2, 0.25) is 0 Å². The first kappa shape index (κ1) is 12.9. The van der Waals surface area contributed by atoms with Gasteiger partial charge in [0.1, 0.15) is 0 Å². The fourth-order valence-electron chi connectivity index (χ4n) is 1.66. The van der Waals surface area contributed by atoms with Gasteiger partial charge >= 0.3 is 0 Å². The van der Waals surface area contributed by atoms with E-state index in [0.29, 0.717) is 22.7 Å². The van der Waals surface area contributed by atoms with Gasteiger partial charge in [0.2, 0.25) is 0 Å². The molecule has 0 saturated heterocycles. The van der Waals surface area contributed by atoms with E-state index >= 15 is 0 Å². The van der Waals surface area contributed by atoms with Gasteiger partial charge in [0.25, 0.3) is 5.91 Å². The Morgan fingerprint density at radius 1 is 1.26 bits per heavy atom. The van der Waals surface area contributed by atoms with Gasteiger partial charge < -0.3 is 14.8 Å². The number of hydrogen-bond donors (Lipinski definition) is 1. The topological polar surface area (TPSA) is 65.4 Å². The lowest BCUT2D eigenvalue weighted by Gasteiger charge is -2.10. The largest absolute Gasteiger partial charge is 0.493 e. The number of aromatic nitrogens is 2. The number of hydrogen-bond acceptors (Lipinski definition) is 4. The lowest BCUT2D eigenvalue weighted by atomic mass is 10.2. The van der Waals surface area contributed by atoms with Crippen LogP contribution in [0.25, 0.3) is 0 Å². The Morgan fingerprint density at radius 3 is 2.58 bits per heavy atom. The molecule has 0 aliphatic carbocycles. The molecule has 1 aromatic heterocycles. The Labute approximate surface area is 110 Å². The minimum absolute atomic E-state index is 0.222. The number of benzene rings is 1. The molecular formula is C13H15N3O3. The SMILES string of the molecule is COc1ccc(NC(=O)c2cnn(C)c2)cc1OC. The zero-order valence-corrected chi connectivity index (χ0v) is 11.0. The number of amides is 1. The normalized spacial score (nSPS) is 10.1. The molecule has 6 heteroatoms. The van der Waals surface area contributed by atoms with Gasteiger partial charge in [0.05, 0.1) is 26.0 Å². The van der Waals surface area contributed by atoms with Crippen LogP contribution in [0.4, 0.5) is 5.69 Å². The lowest BCUT2D eigenvalue weighted by Crippen LogP contribution is -2.11. The number of carbonyl (C=O) groups excluding carboxylic acids is 1. The number of methoxy groups -OCH3 is 2. The molecule has 0 bridgehead atoms. The maximum Gasteiger partial charge on any atom is 0.258 e. The second-order valence-electron chi connectivity index (χ2n) is 3.93. The number of nitrogens with one attached hydrogen (secondary N) is 1. The molecule has 0 unspecified atom stereocenters. The van der Waals surface area contributed by atoms with E-state index < -0.39 is 0 Å². The van der Waals surface area contributed by atoms with E-state index in [1.807, 2.05) is 0 Å². The van der Waals surface area contributed by atoms with Crippen LogP contribution in [-0.4, -0.2) is 29.9 Å². The second-order valence-corrected chi connectivity index (χ2v) is 3.93. The molecule has 0 atom stereocenters. The van der Waals surface area contributed by atoms with Crippen molar-refractivity contribution in [2.45, 2.75) is 0 Å². The minimum atomic E-state index is -0.222. The summed E-state index contributed by atoms with van der Waals surface area (Å²) in [5, 5.41) is 6.72. The summed E-state index contributed by atoms with van der Waals surface area (Å²) in [7, 11) is 4.86. The van der Waals surface area contributed by atoms with E-state index in [2.05, 4.69) is 10.4 Å². The predicted octanol–water partition coefficient (Wildman–Crippen LogP) is 1.69. The van der Waals surface area contributed by atoms with Crippen LogP contribution in [0.3, 0.4) is 0 Å². The van der Waals surface area contributed by atoms with Crippen LogP contribution >= 0.6 is 0 Å². The Hall–Kier alpha value is -2.50. The average Bonchev–Trinajstić information content (AvgIpc) is 2.85. The molecule has 0 saturated carbocycles. The van der Waals surface area contributed by atoms with Gasteiger partial charge in [0.15, 0.2) is 11.5 Å². The van der Waals surface area contributed by atoms with E-state index in [0.717, 1.165) is 0 Å². The average molecular weight is 261 g/mol. The Bertz CT molecular complexity index is 593. The molecule has 0 aliphatic rings. The summed E-state index contributed by atoms with van der Waals surface area (Å²) in [6, 6.07) is 5.18. The first-order valence-electron chi connectivity index (χ1n) is 5.66. The van der Waals surface area contributed by atoms with Crippen molar-refractivity contribution in [2.75, 3.05) is 19.5 Å². The first-order chi connectivity index (χ1) is 9.13. The molecule has 1 aromatic carbocycles. The van der Waals surface area contributed by atoms with Gasteiger partial charge in [0, 0.05) is 25.0 Å². The summed E-state index contributed by atoms with van der Waals surface area (Å²) in [5.74, 6) is 0.952. The van der Waals surface area contributed by atoms with E-state index in [1.54, 1.807) is 50.3 Å². The van der Waals surface area contributed by atoms with Gasteiger partial charge in [-0.05, 0) is 12.1 Å². The van der Waals surface area contributed by atoms with Crippen molar-refractivity contribution in [3.8, 4) is 11.5 Å². The molecule has 2 rings (SSSR count). The van der Waals surface area contributed by atoms with Gasteiger partial charge in [-0.1, -0.05) is 0 Å². The van der Waals surface area contributed by atoms with Gasteiger partial charge in [-0.2, -0.15) is 5.10 Å². The number of rotatable bonds is 4. The van der Waals surface area contributed by atoms with Gasteiger partial charge in [-0.3, -0.25) is 9.48 Å². The summed E-state index contributed by atoms with van der Waals surface area (Å²) in [4.78, 5) is 11.9. The zero-order valence-electron chi connectivity index (χ0n) is 11.0. The maximum absolute atomic E-state index is 11.9. The third-order valence-electron chi connectivity index (χ3n) is 2.61. The molecule has 19 heavy (non-hydrogen) atoms. The second kappa shape index (κ2) is 5.43. The van der Waals surface area contributed by atoms with Crippen LogP contribution in [0.15, 0.2) is 30.6 Å². The van der Waals surface area contributed by atoms with Crippen molar-refractivity contribution >= 4 is 11.6 Å². The molecule has 1 amide bonds. The van der Waals surface area contributed by atoms with Crippen molar-refractivity contribution in [3.63, 3.8) is 0 Å². The van der Waals surface area contributed by atoms with Gasteiger partial charge in [-0.25, -0.2) is 0 Å². The molecule has 1 heterocycles. The third-order valence-corrected chi connectivity index (χ3v) is 2.61. The zero-order chi connectivity index (χ0) is 13.8. The molecule has 0 aliphatic heterocycles. The van der Waals surface area contributed by atoms with Crippen LogP contribution in [-0.2, 0) is 7.05 Å². The predicted molar refractivity (Wildman–Crippen MR) is 70.7 cm³/mol. The van der Waals surface area contributed by atoms with Crippen molar-refractivity contribution in [1.29, 1.82) is 0 Å². The highest BCUT2D eigenvalue weighted by molar-refractivity contribution is 6.04. The highest BCUT2D eigenvalue weighted by atomic mass is 16.5. The number of aryl methyl sites for hydroxylation is 1. The molecule has 100 valence electrons. The quantitative estimate of drug-likeness (QED) is 0.909. The van der Waals surface area contributed by atoms with E-state index in [4.69, 9.17) is 9.47 Å². The summed E-state index contributed by atoms with van der Waals surface area (Å²) < 4.78 is 11.9. The first-order valence-corrected chi connectivity index (χ1v) is 5.66. The summed E-state index contributed by atoms with van der Waals surface area (Å²) >= 11 is 0. The van der Waals surface area contributed by atoms with E-state index in [9.17, 15) is 4.79 Å². The Morgan fingerprint density at radius 2 is 2.00 bits per heavy atom. The molecule has 0 fully saturated rings. The minimum Gasteiger partial charge on any atom is -0.493 e. The standard InChI is InChI=1S/C13H15N3O3/c1-16-8-9(7-14-16)13(17)15-10-4-5-11(18-2)12(6-10)19-3/h4-8H,1-3H3,(H,15,17). The summed E-state index contributed by atoms with van der Waals surface area (Å²) in [6.07, 6.45) is 3.16. The summed E-state index contributed by atoms with van der Waals surface area (Å²) in [5.41, 5.74) is 1.13. The smallest absolute Gasteiger partial charge is 0.258 e. The summed E-state index contributed by atoms with van der Waals surface area (Å²) in [6.45, 7) is 0. The highest BCUT2D eigenvalue weighted by Gasteiger charge is 2.10. The molecular weight excluding hydrogens is 246 g/mol. The monoisotopic (exact) mass is 261 g/mol. The lowest BCUT2D eigenvalue weighted by molar-refractivity contribution is 0.102. The fourth-order valence-corrected chi connectivity index (χ4v) is 1.66. The third kappa shape index (κ3) is 2.85. The Balaban J connectivity index is 2.17. The Kier molecular flexibility index (Phi) is 3.70.